The molecule has 0 aliphatic carbocycles. The van der Waals surface area contributed by atoms with Crippen LogP contribution >= 0.6 is 11.3 Å². The van der Waals surface area contributed by atoms with Crippen molar-refractivity contribution in [1.29, 1.82) is 0 Å². The van der Waals surface area contributed by atoms with Crippen LogP contribution in [0, 0.1) is 5.92 Å². The van der Waals surface area contributed by atoms with Crippen LogP contribution in [0.1, 0.15) is 34.6 Å². The van der Waals surface area contributed by atoms with Gasteiger partial charge in [-0.05, 0) is 48.6 Å². The Labute approximate surface area is 181 Å². The van der Waals surface area contributed by atoms with Crippen LogP contribution in [0.4, 0.5) is 0 Å². The number of hydrogen-bond acceptors (Lipinski definition) is 6. The largest absolute Gasteiger partial charge is 0.469 e. The van der Waals surface area contributed by atoms with E-state index >= 15 is 0 Å². The van der Waals surface area contributed by atoms with Gasteiger partial charge < -0.3 is 9.64 Å². The van der Waals surface area contributed by atoms with Crippen LogP contribution in [0.2, 0.25) is 0 Å². The molecule has 1 aliphatic rings. The number of sulfonamides is 1. The van der Waals surface area contributed by atoms with Crippen molar-refractivity contribution in [2.75, 3.05) is 26.7 Å². The maximum atomic E-state index is 13.2. The Balaban J connectivity index is 1.81. The molecule has 2 heterocycles. The molecule has 1 aromatic carbocycles. The van der Waals surface area contributed by atoms with Crippen LogP contribution in [-0.4, -0.2) is 56.2 Å². The van der Waals surface area contributed by atoms with Crippen LogP contribution in [0.15, 0.2) is 40.6 Å². The quantitative estimate of drug-likeness (QED) is 0.606. The highest BCUT2D eigenvalue weighted by Crippen LogP contribution is 2.28. The first-order valence-electron chi connectivity index (χ1n) is 9.80. The number of carbonyl (C=O) groups is 2. The number of thiophene rings is 1. The maximum Gasteiger partial charge on any atom is 0.310 e. The van der Waals surface area contributed by atoms with Crippen LogP contribution in [0.5, 0.6) is 0 Å². The summed E-state index contributed by atoms with van der Waals surface area (Å²) in [6, 6.07) is 8.08. The lowest BCUT2D eigenvalue weighted by molar-refractivity contribution is -0.145. The molecule has 162 valence electrons. The molecular formula is C21H26N2O5S2. The second-order valence-corrected chi connectivity index (χ2v) is 10.2. The smallest absolute Gasteiger partial charge is 0.310 e. The minimum absolute atomic E-state index is 0.101. The average molecular weight is 451 g/mol. The van der Waals surface area contributed by atoms with E-state index in [9.17, 15) is 18.0 Å². The van der Waals surface area contributed by atoms with E-state index in [1.54, 1.807) is 30.4 Å². The highest BCUT2D eigenvalue weighted by Gasteiger charge is 2.30. The highest BCUT2D eigenvalue weighted by molar-refractivity contribution is 7.89. The number of esters is 1. The summed E-state index contributed by atoms with van der Waals surface area (Å²) in [5, 5.41) is 1.98. The first-order valence-corrected chi connectivity index (χ1v) is 12.1. The molecular weight excluding hydrogens is 424 g/mol. The Kier molecular flexibility index (Phi) is 6.95. The van der Waals surface area contributed by atoms with Gasteiger partial charge in [0.15, 0.2) is 0 Å². The number of nitrogens with zero attached hydrogens (tertiary/aromatic N) is 2. The standard InChI is InChI=1S/C21H26N2O5S2/c1-4-22(13-15(2)21(25)28-3)20(24)16-6-5-7-18(12-16)30(26,27)23-10-8-19-17(14-23)9-11-29-19/h5-7,9,11-12,15H,4,8,10,13-14H2,1-3H3. The third-order valence-corrected chi connectivity index (χ3v) is 8.12. The van der Waals surface area contributed by atoms with Crippen LogP contribution in [0.3, 0.4) is 0 Å². The summed E-state index contributed by atoms with van der Waals surface area (Å²) in [5.74, 6) is -1.18. The summed E-state index contributed by atoms with van der Waals surface area (Å²) in [7, 11) is -2.41. The first-order chi connectivity index (χ1) is 14.3. The second-order valence-electron chi connectivity index (χ2n) is 7.25. The molecule has 7 nitrogen and oxygen atoms in total. The number of carbonyl (C=O) groups excluding carboxylic acids is 2. The summed E-state index contributed by atoms with van der Waals surface area (Å²) >= 11 is 1.65. The molecule has 0 N–H and O–H groups in total. The minimum Gasteiger partial charge on any atom is -0.469 e. The molecule has 0 fully saturated rings. The number of rotatable bonds is 7. The summed E-state index contributed by atoms with van der Waals surface area (Å²) in [6.45, 7) is 4.87. The molecule has 0 radical (unpaired) electrons. The molecule has 3 rings (SSSR count). The van der Waals surface area contributed by atoms with E-state index in [1.165, 1.54) is 33.3 Å². The van der Waals surface area contributed by atoms with E-state index in [2.05, 4.69) is 0 Å². The molecule has 0 bridgehead atoms. The molecule has 1 amide bonds. The van der Waals surface area contributed by atoms with E-state index in [4.69, 9.17) is 4.74 Å². The Bertz CT molecular complexity index is 1030. The monoisotopic (exact) mass is 450 g/mol. The zero-order valence-electron chi connectivity index (χ0n) is 17.3. The Morgan fingerprint density at radius 1 is 1.30 bits per heavy atom. The van der Waals surface area contributed by atoms with Gasteiger partial charge in [-0.25, -0.2) is 8.42 Å². The second kappa shape index (κ2) is 9.28. The fourth-order valence-corrected chi connectivity index (χ4v) is 5.87. The van der Waals surface area contributed by atoms with Crippen molar-refractivity contribution in [3.8, 4) is 0 Å². The van der Waals surface area contributed by atoms with E-state index in [0.29, 0.717) is 26.1 Å². The predicted octanol–water partition coefficient (Wildman–Crippen LogP) is 2.77. The third-order valence-electron chi connectivity index (χ3n) is 5.26. The molecule has 30 heavy (non-hydrogen) atoms. The van der Waals surface area contributed by atoms with Crippen LogP contribution in [-0.2, 0) is 32.5 Å². The maximum absolute atomic E-state index is 13.2. The van der Waals surface area contributed by atoms with Gasteiger partial charge >= 0.3 is 5.97 Å². The van der Waals surface area contributed by atoms with Crippen molar-refractivity contribution in [2.45, 2.75) is 31.7 Å². The Morgan fingerprint density at radius 3 is 2.77 bits per heavy atom. The highest BCUT2D eigenvalue weighted by atomic mass is 32.2. The number of benzene rings is 1. The van der Waals surface area contributed by atoms with Crippen molar-refractivity contribution in [2.24, 2.45) is 5.92 Å². The molecule has 1 atom stereocenters. The summed E-state index contributed by atoms with van der Waals surface area (Å²) in [5.41, 5.74) is 1.32. The summed E-state index contributed by atoms with van der Waals surface area (Å²) < 4.78 is 32.6. The fourth-order valence-electron chi connectivity index (χ4n) is 3.51. The Morgan fingerprint density at radius 2 is 2.07 bits per heavy atom. The van der Waals surface area contributed by atoms with E-state index < -0.39 is 21.9 Å². The van der Waals surface area contributed by atoms with Gasteiger partial charge in [0.2, 0.25) is 10.0 Å². The van der Waals surface area contributed by atoms with Gasteiger partial charge in [0, 0.05) is 36.6 Å². The fraction of sp³-hybridized carbons (Fsp3) is 0.429. The number of methoxy groups -OCH3 is 1. The van der Waals surface area contributed by atoms with Crippen molar-refractivity contribution in [3.63, 3.8) is 0 Å². The van der Waals surface area contributed by atoms with Gasteiger partial charge in [-0.1, -0.05) is 13.0 Å². The van der Waals surface area contributed by atoms with Crippen molar-refractivity contribution >= 4 is 33.2 Å². The zero-order chi connectivity index (χ0) is 21.9. The summed E-state index contributed by atoms with van der Waals surface area (Å²) in [6.07, 6.45) is 0.694. The van der Waals surface area contributed by atoms with Crippen LogP contribution in [0.25, 0.3) is 0 Å². The Hall–Kier alpha value is -2.23. The number of ether oxygens (including phenoxy) is 1. The zero-order valence-corrected chi connectivity index (χ0v) is 19.0. The normalized spacial score (nSPS) is 15.3. The number of fused-ring (bicyclic) bond motifs is 1. The van der Waals surface area contributed by atoms with E-state index in [0.717, 1.165) is 5.56 Å². The lowest BCUT2D eigenvalue weighted by Crippen LogP contribution is -2.37. The molecule has 1 aliphatic heterocycles. The third kappa shape index (κ3) is 4.58. The lowest BCUT2D eigenvalue weighted by atomic mass is 10.1. The SMILES string of the molecule is CCN(CC(C)C(=O)OC)C(=O)c1cccc(S(=O)(=O)N2CCc3sccc3C2)c1. The predicted molar refractivity (Wildman–Crippen MR) is 115 cm³/mol. The summed E-state index contributed by atoms with van der Waals surface area (Å²) in [4.78, 5) is 27.5. The van der Waals surface area contributed by atoms with Gasteiger partial charge in [0.05, 0.1) is 17.9 Å². The minimum atomic E-state index is -3.72. The molecule has 0 saturated carbocycles. The topological polar surface area (TPSA) is 84.0 Å². The van der Waals surface area contributed by atoms with Gasteiger partial charge in [0.1, 0.15) is 0 Å². The molecule has 0 saturated heterocycles. The van der Waals surface area contributed by atoms with Gasteiger partial charge in [-0.15, -0.1) is 11.3 Å². The average Bonchev–Trinajstić information content (AvgIpc) is 3.24. The van der Waals surface area contributed by atoms with Crippen molar-refractivity contribution < 1.29 is 22.7 Å². The lowest BCUT2D eigenvalue weighted by Gasteiger charge is -2.27. The number of amides is 1. The number of hydrogen-bond donors (Lipinski definition) is 0. The van der Waals surface area contributed by atoms with Gasteiger partial charge in [-0.3, -0.25) is 9.59 Å². The molecule has 1 aromatic heterocycles. The van der Waals surface area contributed by atoms with Gasteiger partial charge in [0.25, 0.3) is 5.91 Å². The molecule has 1 unspecified atom stereocenters. The van der Waals surface area contributed by atoms with E-state index in [-0.39, 0.29) is 22.9 Å². The van der Waals surface area contributed by atoms with Crippen molar-refractivity contribution in [1.82, 2.24) is 9.21 Å². The first kappa shape index (κ1) is 22.5. The van der Waals surface area contributed by atoms with Crippen LogP contribution < -0.4 is 0 Å². The van der Waals surface area contributed by atoms with E-state index in [1.807, 2.05) is 18.4 Å². The van der Waals surface area contributed by atoms with Gasteiger partial charge in [-0.2, -0.15) is 4.31 Å². The van der Waals surface area contributed by atoms with Crippen molar-refractivity contribution in [3.05, 3.63) is 51.7 Å². The molecule has 0 spiro atoms. The molecule has 2 aromatic rings. The molecule has 9 heteroatoms.